The summed E-state index contributed by atoms with van der Waals surface area (Å²) in [4.78, 5) is 11.1. The number of anilines is 2. The summed E-state index contributed by atoms with van der Waals surface area (Å²) >= 11 is 0. The first-order valence-electron chi connectivity index (χ1n) is 10.8. The Labute approximate surface area is 177 Å². The van der Waals surface area contributed by atoms with E-state index in [0.717, 1.165) is 46.3 Å². The van der Waals surface area contributed by atoms with Crippen molar-refractivity contribution >= 4 is 22.3 Å². The van der Waals surface area contributed by atoms with Gasteiger partial charge in [0.25, 0.3) is 0 Å². The number of fused-ring (bicyclic) bond motifs is 3. The van der Waals surface area contributed by atoms with Gasteiger partial charge in [-0.3, -0.25) is 0 Å². The molecule has 6 heteroatoms. The van der Waals surface area contributed by atoms with Gasteiger partial charge in [-0.15, -0.1) is 0 Å². The third kappa shape index (κ3) is 3.79. The van der Waals surface area contributed by atoms with Crippen LogP contribution in [-0.2, 0) is 6.54 Å². The fourth-order valence-electron chi connectivity index (χ4n) is 5.24. The molecule has 1 saturated heterocycles. The van der Waals surface area contributed by atoms with E-state index in [4.69, 9.17) is 10.5 Å². The van der Waals surface area contributed by atoms with Crippen LogP contribution in [0.3, 0.4) is 0 Å². The highest BCUT2D eigenvalue weighted by atomic mass is 16.5. The lowest BCUT2D eigenvalue weighted by molar-refractivity contribution is 0.0878. The first kappa shape index (κ1) is 19.1. The molecule has 156 valence electrons. The van der Waals surface area contributed by atoms with Crippen molar-refractivity contribution in [2.45, 2.75) is 19.4 Å². The molecule has 3 heterocycles. The number of benzene rings is 1. The maximum atomic E-state index is 6.16. The van der Waals surface area contributed by atoms with E-state index >= 15 is 0 Å². The monoisotopic (exact) mass is 403 g/mol. The zero-order valence-electron chi connectivity index (χ0n) is 17.4. The van der Waals surface area contributed by atoms with Crippen molar-refractivity contribution in [1.29, 1.82) is 0 Å². The number of aromatic nitrogens is 2. The molecule has 2 unspecified atom stereocenters. The van der Waals surface area contributed by atoms with Crippen molar-refractivity contribution in [3.63, 3.8) is 0 Å². The van der Waals surface area contributed by atoms with Crippen molar-refractivity contribution in [1.82, 2.24) is 14.9 Å². The van der Waals surface area contributed by atoms with Crippen molar-refractivity contribution < 1.29 is 4.74 Å². The van der Waals surface area contributed by atoms with Crippen LogP contribution in [0.5, 0.6) is 5.88 Å². The Morgan fingerprint density at radius 1 is 1.07 bits per heavy atom. The summed E-state index contributed by atoms with van der Waals surface area (Å²) in [6, 6.07) is 12.1. The quantitative estimate of drug-likeness (QED) is 0.652. The lowest BCUT2D eigenvalue weighted by atomic mass is 9.86. The van der Waals surface area contributed by atoms with Crippen molar-refractivity contribution in [3.05, 3.63) is 54.4 Å². The number of likely N-dealkylation sites (tertiary alicyclic amines) is 1. The second-order valence-corrected chi connectivity index (χ2v) is 8.75. The molecular weight excluding hydrogens is 374 g/mol. The maximum Gasteiger partial charge on any atom is 0.213 e. The number of rotatable bonds is 6. The van der Waals surface area contributed by atoms with Crippen LogP contribution in [0.15, 0.2) is 48.8 Å². The van der Waals surface area contributed by atoms with Crippen molar-refractivity contribution in [3.8, 4) is 5.88 Å². The number of nitrogens with one attached hydrogen (secondary N) is 1. The zero-order chi connectivity index (χ0) is 20.5. The minimum Gasteiger partial charge on any atom is -0.477 e. The van der Waals surface area contributed by atoms with Gasteiger partial charge in [0.05, 0.1) is 6.61 Å². The van der Waals surface area contributed by atoms with E-state index in [9.17, 15) is 0 Å². The van der Waals surface area contributed by atoms with E-state index in [1.54, 1.807) is 6.20 Å². The maximum absolute atomic E-state index is 6.16. The van der Waals surface area contributed by atoms with Crippen LogP contribution < -0.4 is 15.8 Å². The minimum absolute atomic E-state index is 0.554. The Hall–Kier alpha value is -2.86. The Morgan fingerprint density at radius 2 is 1.87 bits per heavy atom. The normalized spacial score (nSPS) is 23.6. The predicted molar refractivity (Wildman–Crippen MR) is 120 cm³/mol. The molecule has 5 rings (SSSR count). The second kappa shape index (κ2) is 8.11. The molecule has 2 aliphatic rings. The van der Waals surface area contributed by atoms with Gasteiger partial charge in [0.15, 0.2) is 0 Å². The largest absolute Gasteiger partial charge is 0.477 e. The Morgan fingerprint density at radius 3 is 2.70 bits per heavy atom. The fourth-order valence-corrected chi connectivity index (χ4v) is 5.24. The molecule has 3 N–H and O–H groups in total. The van der Waals surface area contributed by atoms with Crippen LogP contribution >= 0.6 is 0 Å². The molecule has 2 aromatic heterocycles. The molecule has 2 bridgehead atoms. The summed E-state index contributed by atoms with van der Waals surface area (Å²) in [5.74, 6) is 3.48. The van der Waals surface area contributed by atoms with Crippen LogP contribution in [0.2, 0.25) is 0 Å². The van der Waals surface area contributed by atoms with Gasteiger partial charge < -0.3 is 20.7 Å². The highest BCUT2D eigenvalue weighted by molar-refractivity contribution is 5.99. The number of piperidine rings is 1. The number of nitrogens with zero attached hydrogens (tertiary/aromatic N) is 3. The van der Waals surface area contributed by atoms with Gasteiger partial charge in [0, 0.05) is 60.5 Å². The molecule has 1 saturated carbocycles. The van der Waals surface area contributed by atoms with Gasteiger partial charge in [-0.25, -0.2) is 9.97 Å². The molecule has 0 radical (unpaired) electrons. The summed E-state index contributed by atoms with van der Waals surface area (Å²) in [5.41, 5.74) is 8.20. The summed E-state index contributed by atoms with van der Waals surface area (Å²) in [5, 5.41) is 5.56. The average molecular weight is 404 g/mol. The summed E-state index contributed by atoms with van der Waals surface area (Å²) in [6.07, 6.45) is 6.26. The van der Waals surface area contributed by atoms with Gasteiger partial charge in [0.1, 0.15) is 5.82 Å². The predicted octanol–water partition coefficient (Wildman–Crippen LogP) is 3.79. The van der Waals surface area contributed by atoms with Crippen molar-refractivity contribution in [2.75, 3.05) is 37.8 Å². The van der Waals surface area contributed by atoms with Crippen LogP contribution in [0.25, 0.3) is 10.8 Å². The average Bonchev–Trinajstić information content (AvgIpc) is 3.00. The Bertz CT molecular complexity index is 1030. The van der Waals surface area contributed by atoms with Gasteiger partial charge in [-0.05, 0) is 55.5 Å². The van der Waals surface area contributed by atoms with Crippen LogP contribution in [-0.4, -0.2) is 41.6 Å². The molecule has 0 spiro atoms. The molecule has 30 heavy (non-hydrogen) atoms. The molecule has 1 aliphatic carbocycles. The van der Waals surface area contributed by atoms with E-state index in [-0.39, 0.29) is 0 Å². The van der Waals surface area contributed by atoms with Crippen LogP contribution in [0.4, 0.5) is 11.5 Å². The Balaban J connectivity index is 1.23. The molecule has 1 aromatic carbocycles. The molecule has 6 nitrogen and oxygen atoms in total. The molecule has 0 amide bonds. The van der Waals surface area contributed by atoms with Crippen LogP contribution in [0, 0.1) is 17.8 Å². The minimum atomic E-state index is 0.554. The first-order valence-corrected chi connectivity index (χ1v) is 10.8. The van der Waals surface area contributed by atoms with E-state index in [1.165, 1.54) is 25.9 Å². The number of hydrogen-bond donors (Lipinski definition) is 2. The fraction of sp³-hybridized carbons (Fsp3) is 0.417. The molecule has 2 fully saturated rings. The SMILES string of the molecule is CN1CC2CCC(C1)C2COc1cc(CNc2cccc3c(N)nccc23)ccn1. The van der Waals surface area contributed by atoms with E-state index in [2.05, 4.69) is 33.3 Å². The second-order valence-electron chi connectivity index (χ2n) is 8.75. The first-order chi connectivity index (χ1) is 14.7. The van der Waals surface area contributed by atoms with Gasteiger partial charge in [-0.1, -0.05) is 12.1 Å². The van der Waals surface area contributed by atoms with E-state index < -0.39 is 0 Å². The summed E-state index contributed by atoms with van der Waals surface area (Å²) in [6.45, 7) is 3.88. The highest BCUT2D eigenvalue weighted by Gasteiger charge is 2.41. The third-order valence-electron chi connectivity index (χ3n) is 6.75. The van der Waals surface area contributed by atoms with Gasteiger partial charge in [-0.2, -0.15) is 0 Å². The number of nitrogen functional groups attached to an aromatic ring is 1. The van der Waals surface area contributed by atoms with Gasteiger partial charge in [0.2, 0.25) is 5.88 Å². The summed E-state index contributed by atoms with van der Waals surface area (Å²) in [7, 11) is 2.24. The lowest BCUT2D eigenvalue weighted by Crippen LogP contribution is -2.41. The third-order valence-corrected chi connectivity index (χ3v) is 6.75. The Kier molecular flexibility index (Phi) is 5.17. The molecule has 2 atom stereocenters. The highest BCUT2D eigenvalue weighted by Crippen LogP contribution is 2.41. The van der Waals surface area contributed by atoms with E-state index in [0.29, 0.717) is 18.3 Å². The van der Waals surface area contributed by atoms with Gasteiger partial charge >= 0.3 is 0 Å². The molecule has 1 aliphatic heterocycles. The molecule has 3 aromatic rings. The number of hydrogen-bond acceptors (Lipinski definition) is 6. The summed E-state index contributed by atoms with van der Waals surface area (Å²) < 4.78 is 6.16. The van der Waals surface area contributed by atoms with E-state index in [1.807, 2.05) is 36.5 Å². The molecular formula is C24H29N5O. The number of nitrogens with two attached hydrogens (primary N) is 1. The standard InChI is InChI=1S/C24H29N5O/c1-29-13-17-5-6-18(14-29)21(17)15-30-23-11-16(7-9-26-23)12-28-22-4-2-3-20-19(22)8-10-27-24(20)25/h2-4,7-11,17-18,21,28H,5-6,12-15H2,1H3,(H2,25,27). The van der Waals surface area contributed by atoms with Crippen molar-refractivity contribution in [2.24, 2.45) is 17.8 Å². The lowest BCUT2D eigenvalue weighted by Gasteiger charge is -2.35. The number of ether oxygens (including phenoxy) is 1. The smallest absolute Gasteiger partial charge is 0.213 e. The topological polar surface area (TPSA) is 76.3 Å². The zero-order valence-corrected chi connectivity index (χ0v) is 17.4. The van der Waals surface area contributed by atoms with Crippen LogP contribution in [0.1, 0.15) is 18.4 Å². The number of pyridine rings is 2.